The molecule has 9 heteroatoms. The number of amides is 2. The topological polar surface area (TPSA) is 70.2 Å². The standard InChI is InChI=1S/C16H16F3N5O/c17-11-4-5-12(14(19)13(11)18)23-16(25)22-10-8-20-15(21-9-10)24-6-2-1-3-7-24/h4-5,8-9H,1-3,6-7H2,(H2,22,23,25). The predicted molar refractivity (Wildman–Crippen MR) is 87.1 cm³/mol. The van der Waals surface area contributed by atoms with Gasteiger partial charge in [0.2, 0.25) is 5.95 Å². The van der Waals surface area contributed by atoms with Gasteiger partial charge in [-0.15, -0.1) is 0 Å². The van der Waals surface area contributed by atoms with Gasteiger partial charge in [0, 0.05) is 13.1 Å². The lowest BCUT2D eigenvalue weighted by Gasteiger charge is -2.26. The molecule has 0 atom stereocenters. The summed E-state index contributed by atoms with van der Waals surface area (Å²) >= 11 is 0. The van der Waals surface area contributed by atoms with Crippen LogP contribution in [-0.2, 0) is 0 Å². The molecule has 2 heterocycles. The molecule has 0 aliphatic carbocycles. The minimum absolute atomic E-state index is 0.293. The minimum atomic E-state index is -1.65. The van der Waals surface area contributed by atoms with Crippen molar-refractivity contribution in [2.75, 3.05) is 28.6 Å². The van der Waals surface area contributed by atoms with Crippen LogP contribution in [0, 0.1) is 17.5 Å². The van der Waals surface area contributed by atoms with Crippen molar-refractivity contribution in [2.24, 2.45) is 0 Å². The van der Waals surface area contributed by atoms with Crippen molar-refractivity contribution < 1.29 is 18.0 Å². The summed E-state index contributed by atoms with van der Waals surface area (Å²) in [6.45, 7) is 1.78. The van der Waals surface area contributed by atoms with Crippen molar-refractivity contribution in [2.45, 2.75) is 19.3 Å². The fraction of sp³-hybridized carbons (Fsp3) is 0.312. The number of aromatic nitrogens is 2. The second-order valence-electron chi connectivity index (χ2n) is 5.62. The molecule has 1 fully saturated rings. The third kappa shape index (κ3) is 3.98. The van der Waals surface area contributed by atoms with Crippen LogP contribution in [0.1, 0.15) is 19.3 Å². The fourth-order valence-corrected chi connectivity index (χ4v) is 2.55. The van der Waals surface area contributed by atoms with E-state index in [0.717, 1.165) is 38.1 Å². The van der Waals surface area contributed by atoms with E-state index in [-0.39, 0.29) is 0 Å². The molecule has 0 saturated carbocycles. The zero-order valence-corrected chi connectivity index (χ0v) is 13.2. The van der Waals surface area contributed by atoms with Crippen LogP contribution in [0.4, 0.5) is 35.3 Å². The van der Waals surface area contributed by atoms with Crippen LogP contribution < -0.4 is 15.5 Å². The molecule has 0 unspecified atom stereocenters. The highest BCUT2D eigenvalue weighted by atomic mass is 19.2. The molecule has 0 spiro atoms. The lowest BCUT2D eigenvalue weighted by Crippen LogP contribution is -2.31. The first-order chi connectivity index (χ1) is 12.0. The van der Waals surface area contributed by atoms with E-state index in [1.807, 2.05) is 0 Å². The first-order valence-corrected chi connectivity index (χ1v) is 7.83. The number of hydrogen-bond donors (Lipinski definition) is 2. The third-order valence-corrected chi connectivity index (χ3v) is 3.82. The van der Waals surface area contributed by atoms with Gasteiger partial charge < -0.3 is 15.5 Å². The number of halogens is 3. The van der Waals surface area contributed by atoms with Gasteiger partial charge in [-0.3, -0.25) is 0 Å². The Morgan fingerprint density at radius 3 is 2.32 bits per heavy atom. The molecule has 1 aliphatic heterocycles. The Bertz CT molecular complexity index is 763. The van der Waals surface area contributed by atoms with Crippen molar-refractivity contribution in [3.63, 3.8) is 0 Å². The molecule has 2 amide bonds. The first-order valence-electron chi connectivity index (χ1n) is 7.83. The minimum Gasteiger partial charge on any atom is -0.341 e. The van der Waals surface area contributed by atoms with Crippen molar-refractivity contribution >= 4 is 23.4 Å². The van der Waals surface area contributed by atoms with Crippen LogP contribution in [0.3, 0.4) is 0 Å². The maximum Gasteiger partial charge on any atom is 0.323 e. The van der Waals surface area contributed by atoms with Crippen LogP contribution in [-0.4, -0.2) is 29.1 Å². The summed E-state index contributed by atoms with van der Waals surface area (Å²) in [5.74, 6) is -3.86. The summed E-state index contributed by atoms with van der Waals surface area (Å²) in [5.41, 5.74) is -0.177. The van der Waals surface area contributed by atoms with Gasteiger partial charge in [0.15, 0.2) is 17.5 Å². The van der Waals surface area contributed by atoms with Crippen LogP contribution in [0.25, 0.3) is 0 Å². The van der Waals surface area contributed by atoms with Gasteiger partial charge in [-0.05, 0) is 31.4 Å². The molecule has 2 N–H and O–H groups in total. The average Bonchev–Trinajstić information content (AvgIpc) is 2.63. The van der Waals surface area contributed by atoms with E-state index in [1.165, 1.54) is 18.8 Å². The summed E-state index contributed by atoms with van der Waals surface area (Å²) < 4.78 is 39.5. The molecule has 3 rings (SSSR count). The van der Waals surface area contributed by atoms with Crippen LogP contribution in [0.15, 0.2) is 24.5 Å². The molecule has 2 aromatic rings. The quantitative estimate of drug-likeness (QED) is 0.830. The summed E-state index contributed by atoms with van der Waals surface area (Å²) in [5, 5.41) is 4.51. The monoisotopic (exact) mass is 351 g/mol. The van der Waals surface area contributed by atoms with E-state index in [9.17, 15) is 18.0 Å². The normalized spacial score (nSPS) is 14.3. The number of rotatable bonds is 3. The smallest absolute Gasteiger partial charge is 0.323 e. The molecule has 25 heavy (non-hydrogen) atoms. The zero-order valence-electron chi connectivity index (χ0n) is 13.2. The SMILES string of the molecule is O=C(Nc1cnc(N2CCCCC2)nc1)Nc1ccc(F)c(F)c1F. The van der Waals surface area contributed by atoms with Crippen LogP contribution in [0.2, 0.25) is 0 Å². The Morgan fingerprint density at radius 2 is 1.64 bits per heavy atom. The lowest BCUT2D eigenvalue weighted by molar-refractivity contribution is 0.262. The van der Waals surface area contributed by atoms with E-state index >= 15 is 0 Å². The van der Waals surface area contributed by atoms with E-state index in [1.54, 1.807) is 0 Å². The van der Waals surface area contributed by atoms with Gasteiger partial charge in [-0.1, -0.05) is 0 Å². The van der Waals surface area contributed by atoms with E-state index in [4.69, 9.17) is 0 Å². The number of anilines is 3. The molecule has 0 bridgehead atoms. The second kappa shape index (κ2) is 7.37. The molecule has 1 aromatic carbocycles. The van der Waals surface area contributed by atoms with Crippen LogP contribution in [0.5, 0.6) is 0 Å². The zero-order chi connectivity index (χ0) is 17.8. The summed E-state index contributed by atoms with van der Waals surface area (Å²) in [7, 11) is 0. The van der Waals surface area contributed by atoms with Gasteiger partial charge in [-0.25, -0.2) is 27.9 Å². The molecular formula is C16H16F3N5O. The van der Waals surface area contributed by atoms with E-state index < -0.39 is 29.2 Å². The second-order valence-corrected chi connectivity index (χ2v) is 5.62. The lowest BCUT2D eigenvalue weighted by atomic mass is 10.1. The number of urea groups is 1. The van der Waals surface area contributed by atoms with Gasteiger partial charge in [0.25, 0.3) is 0 Å². The fourth-order valence-electron chi connectivity index (χ4n) is 2.55. The molecule has 132 valence electrons. The molecule has 6 nitrogen and oxygen atoms in total. The summed E-state index contributed by atoms with van der Waals surface area (Å²) in [6, 6.07) is 0.840. The number of nitrogens with zero attached hydrogens (tertiary/aromatic N) is 3. The Morgan fingerprint density at radius 1 is 0.960 bits per heavy atom. The average molecular weight is 351 g/mol. The first kappa shape index (κ1) is 17.0. The van der Waals surface area contributed by atoms with Crippen molar-refractivity contribution in [1.82, 2.24) is 9.97 Å². The summed E-state index contributed by atoms with van der Waals surface area (Å²) in [4.78, 5) is 22.3. The van der Waals surface area contributed by atoms with Crippen molar-refractivity contribution in [1.29, 1.82) is 0 Å². The Kier molecular flexibility index (Phi) is 5.01. The molecule has 0 radical (unpaired) electrons. The molecule has 1 aromatic heterocycles. The van der Waals surface area contributed by atoms with Gasteiger partial charge in [0.05, 0.1) is 23.8 Å². The highest BCUT2D eigenvalue weighted by Gasteiger charge is 2.16. The number of carbonyl (C=O) groups excluding carboxylic acids is 1. The van der Waals surface area contributed by atoms with Gasteiger partial charge in [0.1, 0.15) is 0 Å². The summed E-state index contributed by atoms with van der Waals surface area (Å²) in [6.07, 6.45) is 6.23. The van der Waals surface area contributed by atoms with E-state index in [2.05, 4.69) is 25.5 Å². The maximum absolute atomic E-state index is 13.5. The van der Waals surface area contributed by atoms with Crippen molar-refractivity contribution in [3.05, 3.63) is 42.0 Å². The van der Waals surface area contributed by atoms with Crippen LogP contribution >= 0.6 is 0 Å². The predicted octanol–water partition coefficient (Wildman–Crippen LogP) is 3.53. The molecule has 1 saturated heterocycles. The number of carbonyl (C=O) groups is 1. The number of nitrogens with one attached hydrogen (secondary N) is 2. The highest BCUT2D eigenvalue weighted by molar-refractivity contribution is 5.99. The number of benzene rings is 1. The van der Waals surface area contributed by atoms with Gasteiger partial charge >= 0.3 is 6.03 Å². The Labute approximate surface area is 142 Å². The van der Waals surface area contributed by atoms with Gasteiger partial charge in [-0.2, -0.15) is 0 Å². The third-order valence-electron chi connectivity index (χ3n) is 3.82. The van der Waals surface area contributed by atoms with Crippen molar-refractivity contribution in [3.8, 4) is 0 Å². The molecular weight excluding hydrogens is 335 g/mol. The Balaban J connectivity index is 1.62. The maximum atomic E-state index is 13.5. The number of piperidine rings is 1. The Hall–Kier alpha value is -2.84. The van der Waals surface area contributed by atoms with E-state index in [0.29, 0.717) is 11.6 Å². The largest absolute Gasteiger partial charge is 0.341 e. The number of hydrogen-bond acceptors (Lipinski definition) is 4. The molecule has 1 aliphatic rings. The highest BCUT2D eigenvalue weighted by Crippen LogP contribution is 2.20.